The molecule has 0 aliphatic carbocycles. The smallest absolute Gasteiger partial charge is 0.416 e. The van der Waals surface area contributed by atoms with Gasteiger partial charge in [-0.05, 0) is 48.6 Å². The molecular formula is C24H23F4N3O4S2. The molecule has 0 saturated heterocycles. The van der Waals surface area contributed by atoms with Crippen LogP contribution in [-0.2, 0) is 16.2 Å². The molecule has 2 N–H and O–H groups in total. The molecule has 0 aliphatic rings. The monoisotopic (exact) mass is 557 g/mol. The zero-order valence-corrected chi connectivity index (χ0v) is 21.4. The first kappa shape index (κ1) is 28.4. The van der Waals surface area contributed by atoms with E-state index in [4.69, 9.17) is 9.88 Å². The molecule has 0 spiro atoms. The quantitative estimate of drug-likeness (QED) is 0.227. The number of hydrogen-bond donors (Lipinski definition) is 1. The van der Waals surface area contributed by atoms with E-state index in [0.29, 0.717) is 11.1 Å². The Morgan fingerprint density at radius 3 is 2.51 bits per heavy atom. The number of primary sulfonamides is 1. The van der Waals surface area contributed by atoms with Crippen molar-refractivity contribution < 1.29 is 35.5 Å². The van der Waals surface area contributed by atoms with Gasteiger partial charge in [0.2, 0.25) is 10.0 Å². The van der Waals surface area contributed by atoms with E-state index in [2.05, 4.69) is 4.98 Å². The van der Waals surface area contributed by atoms with Crippen molar-refractivity contribution >= 4 is 33.4 Å². The highest BCUT2D eigenvalue weighted by Gasteiger charge is 2.32. The zero-order valence-electron chi connectivity index (χ0n) is 19.8. The van der Waals surface area contributed by atoms with Crippen LogP contribution in [0.15, 0.2) is 59.8 Å². The van der Waals surface area contributed by atoms with Crippen LogP contribution in [0.1, 0.15) is 22.3 Å². The number of nitrogens with zero attached hydrogens (tertiary/aromatic N) is 2. The van der Waals surface area contributed by atoms with Gasteiger partial charge in [0, 0.05) is 40.9 Å². The minimum Gasteiger partial charge on any atom is -0.496 e. The molecule has 2 aromatic carbocycles. The molecule has 0 unspecified atom stereocenters. The largest absolute Gasteiger partial charge is 0.496 e. The third kappa shape index (κ3) is 7.43. The molecule has 3 aromatic rings. The molecule has 198 valence electrons. The van der Waals surface area contributed by atoms with Gasteiger partial charge >= 0.3 is 6.18 Å². The summed E-state index contributed by atoms with van der Waals surface area (Å²) in [5.41, 5.74) is -0.0833. The number of ether oxygens (including phenoxy) is 1. The normalized spacial score (nSPS) is 11.9. The van der Waals surface area contributed by atoms with Gasteiger partial charge in [-0.15, -0.1) is 11.8 Å². The SMILES string of the molecule is COc1cc(F)ccc1-c1ccncc1N(C)C(=O)c1cc(SCCCS(N)(=O)=O)cc(C(F)(F)F)c1. The van der Waals surface area contributed by atoms with Crippen LogP contribution in [0.25, 0.3) is 11.1 Å². The molecule has 0 atom stereocenters. The Morgan fingerprint density at radius 1 is 1.14 bits per heavy atom. The van der Waals surface area contributed by atoms with Gasteiger partial charge < -0.3 is 9.64 Å². The summed E-state index contributed by atoms with van der Waals surface area (Å²) in [6.07, 6.45) is -1.76. The van der Waals surface area contributed by atoms with E-state index in [9.17, 15) is 30.8 Å². The standard InChI is InChI=1S/C24H23F4N3O4S2/c1-31(21-14-30-7-6-19(21)20-5-4-17(25)13-22(20)35-2)23(32)15-10-16(24(26,27)28)12-18(11-15)36-8-3-9-37(29,33)34/h4-7,10-14H,3,8-9H2,1-2H3,(H2,29,33,34). The number of methoxy groups -OCH3 is 1. The molecule has 7 nitrogen and oxygen atoms in total. The molecule has 1 amide bonds. The molecule has 0 fully saturated rings. The van der Waals surface area contributed by atoms with E-state index < -0.39 is 33.5 Å². The number of rotatable bonds is 9. The number of carbonyl (C=O) groups is 1. The van der Waals surface area contributed by atoms with E-state index in [1.807, 2.05) is 0 Å². The number of hydrogen-bond acceptors (Lipinski definition) is 6. The lowest BCUT2D eigenvalue weighted by atomic mass is 10.0. The highest BCUT2D eigenvalue weighted by atomic mass is 32.2. The molecule has 0 aliphatic heterocycles. The number of alkyl halides is 3. The predicted molar refractivity (Wildman–Crippen MR) is 134 cm³/mol. The van der Waals surface area contributed by atoms with Gasteiger partial charge in [0.15, 0.2) is 0 Å². The number of amides is 1. The number of carbonyl (C=O) groups excluding carboxylic acids is 1. The summed E-state index contributed by atoms with van der Waals surface area (Å²) < 4.78 is 82.0. The highest BCUT2D eigenvalue weighted by molar-refractivity contribution is 7.99. The average molecular weight is 558 g/mol. The van der Waals surface area contributed by atoms with Crippen LogP contribution in [0.3, 0.4) is 0 Å². The van der Waals surface area contributed by atoms with Crippen LogP contribution in [0.5, 0.6) is 5.75 Å². The number of benzene rings is 2. The lowest BCUT2D eigenvalue weighted by Gasteiger charge is -2.22. The van der Waals surface area contributed by atoms with Crippen molar-refractivity contribution in [3.8, 4) is 16.9 Å². The minimum atomic E-state index is -4.72. The third-order valence-corrected chi connectivity index (χ3v) is 7.16. The minimum absolute atomic E-state index is 0.126. The summed E-state index contributed by atoms with van der Waals surface area (Å²) in [5, 5.41) is 4.96. The lowest BCUT2D eigenvalue weighted by Crippen LogP contribution is -2.27. The van der Waals surface area contributed by atoms with E-state index >= 15 is 0 Å². The Morgan fingerprint density at radius 2 is 1.86 bits per heavy atom. The number of sulfonamides is 1. The summed E-state index contributed by atoms with van der Waals surface area (Å²) in [5.74, 6) is -1.21. The maximum atomic E-state index is 13.7. The van der Waals surface area contributed by atoms with Gasteiger partial charge in [-0.1, -0.05) is 0 Å². The maximum absolute atomic E-state index is 13.7. The maximum Gasteiger partial charge on any atom is 0.416 e. The molecule has 0 saturated carbocycles. The van der Waals surface area contributed by atoms with Crippen molar-refractivity contribution in [2.75, 3.05) is 30.6 Å². The number of thioether (sulfide) groups is 1. The first-order valence-electron chi connectivity index (χ1n) is 10.7. The van der Waals surface area contributed by atoms with E-state index in [1.165, 1.54) is 50.8 Å². The summed E-state index contributed by atoms with van der Waals surface area (Å²) in [4.78, 5) is 18.7. The van der Waals surface area contributed by atoms with E-state index in [0.717, 1.165) is 28.8 Å². The summed E-state index contributed by atoms with van der Waals surface area (Å²) >= 11 is 0.982. The molecular weight excluding hydrogens is 534 g/mol. The van der Waals surface area contributed by atoms with Crippen molar-refractivity contribution in [1.29, 1.82) is 0 Å². The zero-order chi connectivity index (χ0) is 27.4. The van der Waals surface area contributed by atoms with E-state index in [1.54, 1.807) is 6.07 Å². The Bertz CT molecular complexity index is 1400. The van der Waals surface area contributed by atoms with E-state index in [-0.39, 0.29) is 39.8 Å². The second-order valence-electron chi connectivity index (χ2n) is 7.91. The predicted octanol–water partition coefficient (Wildman–Crippen LogP) is 4.96. The number of halogens is 4. The van der Waals surface area contributed by atoms with Gasteiger partial charge in [0.05, 0.1) is 30.3 Å². The van der Waals surface area contributed by atoms with Gasteiger partial charge in [0.25, 0.3) is 5.91 Å². The Kier molecular flexibility index (Phi) is 8.82. The first-order valence-corrected chi connectivity index (χ1v) is 13.4. The third-order valence-electron chi connectivity index (χ3n) is 5.24. The van der Waals surface area contributed by atoms with Crippen LogP contribution >= 0.6 is 11.8 Å². The van der Waals surface area contributed by atoms with Crippen LogP contribution in [0.4, 0.5) is 23.2 Å². The lowest BCUT2D eigenvalue weighted by molar-refractivity contribution is -0.137. The van der Waals surface area contributed by atoms with Crippen LogP contribution in [-0.4, -0.2) is 45.0 Å². The fourth-order valence-corrected chi connectivity index (χ4v) is 5.17. The molecule has 1 aromatic heterocycles. The van der Waals surface area contributed by atoms with Gasteiger partial charge in [-0.3, -0.25) is 9.78 Å². The van der Waals surface area contributed by atoms with Crippen molar-refractivity contribution in [2.45, 2.75) is 17.5 Å². The van der Waals surface area contributed by atoms with Crippen molar-refractivity contribution in [3.63, 3.8) is 0 Å². The fraction of sp³-hybridized carbons (Fsp3) is 0.250. The highest BCUT2D eigenvalue weighted by Crippen LogP contribution is 2.38. The molecule has 3 rings (SSSR count). The Balaban J connectivity index is 1.97. The molecule has 1 heterocycles. The Hall–Kier alpha value is -3.16. The fourth-order valence-electron chi connectivity index (χ4n) is 3.49. The second-order valence-corrected chi connectivity index (χ2v) is 10.8. The summed E-state index contributed by atoms with van der Waals surface area (Å²) in [6.45, 7) is 0. The number of pyridine rings is 1. The molecule has 0 bridgehead atoms. The average Bonchev–Trinajstić information content (AvgIpc) is 2.84. The topological polar surface area (TPSA) is 103 Å². The van der Waals surface area contributed by atoms with Gasteiger partial charge in [-0.2, -0.15) is 13.2 Å². The molecule has 37 heavy (non-hydrogen) atoms. The summed E-state index contributed by atoms with van der Waals surface area (Å²) in [7, 11) is -0.951. The molecule has 0 radical (unpaired) electrons. The van der Waals surface area contributed by atoms with Crippen LogP contribution in [0.2, 0.25) is 0 Å². The van der Waals surface area contributed by atoms with Crippen molar-refractivity contribution in [3.05, 3.63) is 71.8 Å². The summed E-state index contributed by atoms with van der Waals surface area (Å²) in [6, 6.07) is 8.40. The van der Waals surface area contributed by atoms with Crippen LogP contribution < -0.4 is 14.8 Å². The van der Waals surface area contributed by atoms with Crippen molar-refractivity contribution in [1.82, 2.24) is 4.98 Å². The number of anilines is 1. The van der Waals surface area contributed by atoms with Gasteiger partial charge in [-0.25, -0.2) is 17.9 Å². The van der Waals surface area contributed by atoms with Gasteiger partial charge in [0.1, 0.15) is 11.6 Å². The first-order chi connectivity index (χ1) is 17.3. The molecule has 13 heteroatoms. The number of nitrogens with two attached hydrogens (primary N) is 1. The van der Waals surface area contributed by atoms with Crippen molar-refractivity contribution in [2.24, 2.45) is 5.14 Å². The Labute approximate surface area is 215 Å². The number of aromatic nitrogens is 1. The second kappa shape index (κ2) is 11.5. The van der Waals surface area contributed by atoms with Crippen LogP contribution in [0, 0.1) is 5.82 Å².